The molecule has 4 heteroatoms. The molecule has 1 saturated carbocycles. The summed E-state index contributed by atoms with van der Waals surface area (Å²) in [6.07, 6.45) is 6.39. The first-order chi connectivity index (χ1) is 8.16. The molecular formula is C13H22N4. The van der Waals surface area contributed by atoms with Gasteiger partial charge in [-0.15, -0.1) is 0 Å². The van der Waals surface area contributed by atoms with Gasteiger partial charge in [0.25, 0.3) is 0 Å². The number of nitrogens with zero attached hydrogens (tertiary/aromatic N) is 2. The second-order valence-corrected chi connectivity index (χ2v) is 5.18. The maximum absolute atomic E-state index is 6.12. The molecule has 4 nitrogen and oxygen atoms in total. The lowest BCUT2D eigenvalue weighted by Crippen LogP contribution is -2.42. The van der Waals surface area contributed by atoms with Crippen molar-refractivity contribution in [3.63, 3.8) is 0 Å². The first-order valence-electron chi connectivity index (χ1n) is 6.51. The molecule has 2 rings (SSSR count). The number of aromatic nitrogens is 2. The van der Waals surface area contributed by atoms with Crippen LogP contribution in [0.25, 0.3) is 0 Å². The van der Waals surface area contributed by atoms with Crippen LogP contribution in [0.5, 0.6) is 0 Å². The summed E-state index contributed by atoms with van der Waals surface area (Å²) in [5.41, 5.74) is 7.19. The highest BCUT2D eigenvalue weighted by atomic mass is 15.1. The Bertz CT molecular complexity index is 364. The summed E-state index contributed by atoms with van der Waals surface area (Å²) < 4.78 is 0. The summed E-state index contributed by atoms with van der Waals surface area (Å²) in [4.78, 5) is 8.54. The number of anilines is 1. The van der Waals surface area contributed by atoms with Gasteiger partial charge >= 0.3 is 0 Å². The maximum Gasteiger partial charge on any atom is 0.129 e. The molecule has 0 aromatic carbocycles. The number of hydrogen-bond acceptors (Lipinski definition) is 4. The topological polar surface area (TPSA) is 63.8 Å². The first kappa shape index (κ1) is 12.3. The molecule has 17 heavy (non-hydrogen) atoms. The number of nitrogens with one attached hydrogen (secondary N) is 1. The third kappa shape index (κ3) is 3.16. The molecular weight excluding hydrogens is 212 g/mol. The van der Waals surface area contributed by atoms with Crippen LogP contribution in [0.1, 0.15) is 51.1 Å². The van der Waals surface area contributed by atoms with Gasteiger partial charge in [0.1, 0.15) is 12.1 Å². The fourth-order valence-electron chi connectivity index (χ4n) is 2.30. The van der Waals surface area contributed by atoms with Gasteiger partial charge in [-0.25, -0.2) is 9.97 Å². The van der Waals surface area contributed by atoms with E-state index in [-0.39, 0.29) is 6.04 Å². The third-order valence-corrected chi connectivity index (χ3v) is 3.43. The predicted octanol–water partition coefficient (Wildman–Crippen LogP) is 2.28. The van der Waals surface area contributed by atoms with Crippen LogP contribution in [0.3, 0.4) is 0 Å². The van der Waals surface area contributed by atoms with E-state index in [2.05, 4.69) is 29.1 Å². The highest BCUT2D eigenvalue weighted by molar-refractivity contribution is 5.37. The zero-order valence-electron chi connectivity index (χ0n) is 10.7. The summed E-state index contributed by atoms with van der Waals surface area (Å²) >= 11 is 0. The quantitative estimate of drug-likeness (QED) is 0.842. The van der Waals surface area contributed by atoms with E-state index in [1.807, 2.05) is 6.07 Å². The lowest BCUT2D eigenvalue weighted by Gasteiger charge is -2.29. The minimum Gasteiger partial charge on any atom is -0.366 e. The lowest BCUT2D eigenvalue weighted by molar-refractivity contribution is 0.403. The van der Waals surface area contributed by atoms with Crippen molar-refractivity contribution in [1.82, 2.24) is 9.97 Å². The van der Waals surface area contributed by atoms with E-state index < -0.39 is 0 Å². The Hall–Kier alpha value is -1.16. The predicted molar refractivity (Wildman–Crippen MR) is 70.0 cm³/mol. The monoisotopic (exact) mass is 234 g/mol. The highest BCUT2D eigenvalue weighted by Gasteiger charge is 2.21. The molecule has 1 aliphatic carbocycles. The van der Waals surface area contributed by atoms with Crippen molar-refractivity contribution in [1.29, 1.82) is 0 Å². The van der Waals surface area contributed by atoms with Crippen molar-refractivity contribution in [3.8, 4) is 0 Å². The summed E-state index contributed by atoms with van der Waals surface area (Å²) in [7, 11) is 0. The Labute approximate surface area is 103 Å². The molecule has 1 aromatic rings. The molecule has 3 N–H and O–H groups in total. The van der Waals surface area contributed by atoms with Crippen molar-refractivity contribution >= 4 is 5.82 Å². The molecule has 1 heterocycles. The molecule has 1 aromatic heterocycles. The van der Waals surface area contributed by atoms with Crippen LogP contribution >= 0.6 is 0 Å². The summed E-state index contributed by atoms with van der Waals surface area (Å²) in [6, 6.07) is 2.64. The van der Waals surface area contributed by atoms with Gasteiger partial charge in [0.2, 0.25) is 0 Å². The Morgan fingerprint density at radius 1 is 1.29 bits per heavy atom. The van der Waals surface area contributed by atoms with Gasteiger partial charge in [0, 0.05) is 23.8 Å². The van der Waals surface area contributed by atoms with Crippen LogP contribution in [0, 0.1) is 0 Å². The number of rotatable bonds is 3. The van der Waals surface area contributed by atoms with E-state index in [1.165, 1.54) is 12.8 Å². The molecule has 0 aliphatic heterocycles. The second-order valence-electron chi connectivity index (χ2n) is 5.18. The number of hydrogen-bond donors (Lipinski definition) is 2. The summed E-state index contributed by atoms with van der Waals surface area (Å²) in [5.74, 6) is 1.34. The van der Waals surface area contributed by atoms with Crippen molar-refractivity contribution in [3.05, 3.63) is 18.1 Å². The van der Waals surface area contributed by atoms with Crippen LogP contribution in [-0.4, -0.2) is 22.1 Å². The van der Waals surface area contributed by atoms with Gasteiger partial charge in [0.15, 0.2) is 0 Å². The van der Waals surface area contributed by atoms with Gasteiger partial charge < -0.3 is 11.1 Å². The van der Waals surface area contributed by atoms with E-state index >= 15 is 0 Å². The molecule has 0 saturated heterocycles. The van der Waals surface area contributed by atoms with Crippen LogP contribution < -0.4 is 11.1 Å². The molecule has 1 fully saturated rings. The lowest BCUT2D eigenvalue weighted by atomic mass is 9.91. The van der Waals surface area contributed by atoms with E-state index in [0.29, 0.717) is 12.0 Å². The van der Waals surface area contributed by atoms with E-state index in [0.717, 1.165) is 24.4 Å². The van der Waals surface area contributed by atoms with Crippen LogP contribution in [0.15, 0.2) is 12.4 Å². The largest absolute Gasteiger partial charge is 0.366 e. The fourth-order valence-corrected chi connectivity index (χ4v) is 2.30. The Morgan fingerprint density at radius 2 is 2.06 bits per heavy atom. The molecule has 2 unspecified atom stereocenters. The van der Waals surface area contributed by atoms with Gasteiger partial charge in [-0.3, -0.25) is 0 Å². The molecule has 0 radical (unpaired) electrons. The Balaban J connectivity index is 2.04. The first-order valence-corrected chi connectivity index (χ1v) is 6.51. The third-order valence-electron chi connectivity index (χ3n) is 3.43. The second kappa shape index (κ2) is 5.45. The SMILES string of the molecule is CC(C)c1cc(NC2CCCCC2N)ncn1. The van der Waals surface area contributed by atoms with Gasteiger partial charge in [0.05, 0.1) is 0 Å². The van der Waals surface area contributed by atoms with Crippen LogP contribution in [0.2, 0.25) is 0 Å². The van der Waals surface area contributed by atoms with E-state index in [9.17, 15) is 0 Å². The highest BCUT2D eigenvalue weighted by Crippen LogP contribution is 2.21. The summed E-state index contributed by atoms with van der Waals surface area (Å²) in [6.45, 7) is 4.27. The maximum atomic E-state index is 6.12. The van der Waals surface area contributed by atoms with Crippen LogP contribution in [0.4, 0.5) is 5.82 Å². The minimum absolute atomic E-state index is 0.251. The number of nitrogens with two attached hydrogens (primary N) is 1. The zero-order valence-corrected chi connectivity index (χ0v) is 10.7. The summed E-state index contributed by atoms with van der Waals surface area (Å²) in [5, 5.41) is 3.45. The van der Waals surface area contributed by atoms with Crippen molar-refractivity contribution in [2.45, 2.75) is 57.5 Å². The molecule has 1 aliphatic rings. The smallest absolute Gasteiger partial charge is 0.129 e. The average molecular weight is 234 g/mol. The average Bonchev–Trinajstić information content (AvgIpc) is 2.32. The zero-order chi connectivity index (χ0) is 12.3. The Kier molecular flexibility index (Phi) is 3.94. The van der Waals surface area contributed by atoms with Crippen molar-refractivity contribution < 1.29 is 0 Å². The fraction of sp³-hybridized carbons (Fsp3) is 0.692. The molecule has 0 bridgehead atoms. The molecule has 0 amide bonds. The minimum atomic E-state index is 0.251. The van der Waals surface area contributed by atoms with Gasteiger partial charge in [-0.2, -0.15) is 0 Å². The van der Waals surface area contributed by atoms with Gasteiger partial charge in [-0.1, -0.05) is 26.7 Å². The van der Waals surface area contributed by atoms with E-state index in [1.54, 1.807) is 6.33 Å². The Morgan fingerprint density at radius 3 is 2.76 bits per heavy atom. The van der Waals surface area contributed by atoms with Gasteiger partial charge in [-0.05, 0) is 18.8 Å². The molecule has 94 valence electrons. The van der Waals surface area contributed by atoms with Crippen molar-refractivity contribution in [2.24, 2.45) is 5.73 Å². The standard InChI is InChI=1S/C13H22N4/c1-9(2)12-7-13(16-8-15-12)17-11-6-4-3-5-10(11)14/h7-11H,3-6,14H2,1-2H3,(H,15,16,17). The van der Waals surface area contributed by atoms with Crippen molar-refractivity contribution in [2.75, 3.05) is 5.32 Å². The molecule has 0 spiro atoms. The van der Waals surface area contributed by atoms with E-state index in [4.69, 9.17) is 5.73 Å². The van der Waals surface area contributed by atoms with Crippen LogP contribution in [-0.2, 0) is 0 Å². The normalized spacial score (nSPS) is 24.9. The molecule has 2 atom stereocenters.